The van der Waals surface area contributed by atoms with Crippen LogP contribution in [0.1, 0.15) is 31.7 Å². The molecule has 0 radical (unpaired) electrons. The molecular formula is C20H30N2O5S. The van der Waals surface area contributed by atoms with Gasteiger partial charge in [0, 0.05) is 39.2 Å². The van der Waals surface area contributed by atoms with Crippen molar-refractivity contribution in [3.05, 3.63) is 29.8 Å². The zero-order valence-electron chi connectivity index (χ0n) is 16.5. The van der Waals surface area contributed by atoms with Crippen LogP contribution in [0.25, 0.3) is 0 Å². The Bertz CT molecular complexity index is 738. The first-order valence-electron chi connectivity index (χ1n) is 10.1. The molecule has 1 atom stereocenters. The van der Waals surface area contributed by atoms with Crippen LogP contribution in [0.15, 0.2) is 29.2 Å². The fourth-order valence-electron chi connectivity index (χ4n) is 3.61. The van der Waals surface area contributed by atoms with Crippen LogP contribution in [0.3, 0.4) is 0 Å². The second kappa shape index (κ2) is 9.82. The largest absolute Gasteiger partial charge is 0.379 e. The highest BCUT2D eigenvalue weighted by molar-refractivity contribution is 7.89. The van der Waals surface area contributed by atoms with Gasteiger partial charge in [0.1, 0.15) is 0 Å². The molecule has 2 fully saturated rings. The van der Waals surface area contributed by atoms with Crippen molar-refractivity contribution in [2.24, 2.45) is 0 Å². The van der Waals surface area contributed by atoms with Crippen LogP contribution in [-0.2, 0) is 30.7 Å². The van der Waals surface area contributed by atoms with Gasteiger partial charge in [-0.25, -0.2) is 8.42 Å². The number of aryl methyl sites for hydroxylation is 1. The van der Waals surface area contributed by atoms with E-state index in [-0.39, 0.29) is 16.9 Å². The van der Waals surface area contributed by atoms with Gasteiger partial charge < -0.3 is 14.4 Å². The predicted octanol–water partition coefficient (Wildman–Crippen LogP) is 1.67. The van der Waals surface area contributed by atoms with E-state index in [0.717, 1.165) is 25.0 Å². The van der Waals surface area contributed by atoms with Gasteiger partial charge in [-0.05, 0) is 43.9 Å². The van der Waals surface area contributed by atoms with Gasteiger partial charge in [0.2, 0.25) is 15.9 Å². The second-order valence-electron chi connectivity index (χ2n) is 7.23. The lowest BCUT2D eigenvalue weighted by molar-refractivity contribution is -0.132. The number of carbonyl (C=O) groups is 1. The summed E-state index contributed by atoms with van der Waals surface area (Å²) in [7, 11) is -3.48. The summed E-state index contributed by atoms with van der Waals surface area (Å²) in [6.45, 7) is 5.74. The number of rotatable bonds is 8. The zero-order valence-corrected chi connectivity index (χ0v) is 17.3. The van der Waals surface area contributed by atoms with Crippen LogP contribution in [0, 0.1) is 0 Å². The SMILES string of the molecule is CCN(CC1CCCO1)C(=O)CCc1ccc(S(=O)(=O)N2CCOCC2)cc1. The Hall–Kier alpha value is -1.48. The minimum absolute atomic E-state index is 0.114. The number of benzene rings is 1. The van der Waals surface area contributed by atoms with Crippen LogP contribution in [-0.4, -0.2) is 75.6 Å². The molecule has 28 heavy (non-hydrogen) atoms. The Morgan fingerprint density at radius 2 is 1.89 bits per heavy atom. The van der Waals surface area contributed by atoms with E-state index in [0.29, 0.717) is 52.2 Å². The molecule has 0 aromatic heterocycles. The summed E-state index contributed by atoms with van der Waals surface area (Å²) < 4.78 is 37.6. The molecule has 1 aromatic carbocycles. The van der Waals surface area contributed by atoms with Crippen LogP contribution in [0.2, 0.25) is 0 Å². The highest BCUT2D eigenvalue weighted by Gasteiger charge is 2.26. The first-order valence-corrected chi connectivity index (χ1v) is 11.5. The lowest BCUT2D eigenvalue weighted by Crippen LogP contribution is -2.40. The molecule has 1 aromatic rings. The summed E-state index contributed by atoms with van der Waals surface area (Å²) >= 11 is 0. The second-order valence-corrected chi connectivity index (χ2v) is 9.17. The number of sulfonamides is 1. The van der Waals surface area contributed by atoms with Crippen molar-refractivity contribution < 1.29 is 22.7 Å². The third kappa shape index (κ3) is 5.31. The molecule has 0 saturated carbocycles. The fourth-order valence-corrected chi connectivity index (χ4v) is 5.02. The lowest BCUT2D eigenvalue weighted by atomic mass is 10.1. The Balaban J connectivity index is 1.54. The van der Waals surface area contributed by atoms with E-state index in [1.54, 1.807) is 24.3 Å². The van der Waals surface area contributed by atoms with Crippen molar-refractivity contribution in [3.63, 3.8) is 0 Å². The molecule has 8 heteroatoms. The van der Waals surface area contributed by atoms with Crippen LogP contribution < -0.4 is 0 Å². The van der Waals surface area contributed by atoms with Crippen LogP contribution >= 0.6 is 0 Å². The maximum absolute atomic E-state index is 12.7. The minimum Gasteiger partial charge on any atom is -0.379 e. The van der Waals surface area contributed by atoms with E-state index < -0.39 is 10.0 Å². The summed E-state index contributed by atoms with van der Waals surface area (Å²) in [5, 5.41) is 0. The third-order valence-electron chi connectivity index (χ3n) is 5.34. The fraction of sp³-hybridized carbons (Fsp3) is 0.650. The van der Waals surface area contributed by atoms with Gasteiger partial charge in [-0.3, -0.25) is 4.79 Å². The van der Waals surface area contributed by atoms with Crippen molar-refractivity contribution in [3.8, 4) is 0 Å². The summed E-state index contributed by atoms with van der Waals surface area (Å²) in [6, 6.07) is 6.87. The molecule has 0 spiro atoms. The number of hydrogen-bond donors (Lipinski definition) is 0. The number of morpholine rings is 1. The molecule has 0 N–H and O–H groups in total. The summed E-state index contributed by atoms with van der Waals surface area (Å²) in [4.78, 5) is 14.7. The Kier molecular flexibility index (Phi) is 7.45. The first kappa shape index (κ1) is 21.2. The van der Waals surface area contributed by atoms with Crippen molar-refractivity contribution in [2.45, 2.75) is 43.6 Å². The highest BCUT2D eigenvalue weighted by Crippen LogP contribution is 2.19. The van der Waals surface area contributed by atoms with Gasteiger partial charge in [-0.15, -0.1) is 0 Å². The molecule has 3 rings (SSSR count). The predicted molar refractivity (Wildman–Crippen MR) is 106 cm³/mol. The van der Waals surface area contributed by atoms with Crippen molar-refractivity contribution >= 4 is 15.9 Å². The highest BCUT2D eigenvalue weighted by atomic mass is 32.2. The molecule has 0 bridgehead atoms. The number of nitrogens with zero attached hydrogens (tertiary/aromatic N) is 2. The molecule has 156 valence electrons. The zero-order chi connectivity index (χ0) is 20.0. The third-order valence-corrected chi connectivity index (χ3v) is 7.25. The van der Waals surface area contributed by atoms with E-state index >= 15 is 0 Å². The average molecular weight is 411 g/mol. The van der Waals surface area contributed by atoms with Crippen molar-refractivity contribution in [2.75, 3.05) is 46.0 Å². The van der Waals surface area contributed by atoms with E-state index in [2.05, 4.69) is 0 Å². The molecule has 1 amide bonds. The first-order chi connectivity index (χ1) is 13.5. The number of carbonyl (C=O) groups excluding carboxylic acids is 1. The van der Waals surface area contributed by atoms with E-state index in [4.69, 9.17) is 9.47 Å². The maximum atomic E-state index is 12.7. The summed E-state index contributed by atoms with van der Waals surface area (Å²) in [5.74, 6) is 0.114. The summed E-state index contributed by atoms with van der Waals surface area (Å²) in [5.41, 5.74) is 0.961. The summed E-state index contributed by atoms with van der Waals surface area (Å²) in [6.07, 6.45) is 3.25. The number of amides is 1. The van der Waals surface area contributed by atoms with Gasteiger partial charge in [0.25, 0.3) is 0 Å². The monoisotopic (exact) mass is 410 g/mol. The number of hydrogen-bond acceptors (Lipinski definition) is 5. The van der Waals surface area contributed by atoms with Crippen molar-refractivity contribution in [1.82, 2.24) is 9.21 Å². The average Bonchev–Trinajstić information content (AvgIpc) is 3.24. The van der Waals surface area contributed by atoms with E-state index in [1.165, 1.54) is 4.31 Å². The van der Waals surface area contributed by atoms with Crippen LogP contribution in [0.4, 0.5) is 0 Å². The Morgan fingerprint density at radius 3 is 2.50 bits per heavy atom. The molecule has 1 unspecified atom stereocenters. The quantitative estimate of drug-likeness (QED) is 0.652. The van der Waals surface area contributed by atoms with Gasteiger partial charge in [0.15, 0.2) is 0 Å². The molecule has 2 heterocycles. The molecule has 2 aliphatic rings. The molecule has 7 nitrogen and oxygen atoms in total. The van der Waals surface area contributed by atoms with Gasteiger partial charge in [-0.2, -0.15) is 4.31 Å². The smallest absolute Gasteiger partial charge is 0.243 e. The number of likely N-dealkylation sites (N-methyl/N-ethyl adjacent to an activating group) is 1. The van der Waals surface area contributed by atoms with Gasteiger partial charge in [0.05, 0.1) is 24.2 Å². The Morgan fingerprint density at radius 1 is 1.18 bits per heavy atom. The van der Waals surface area contributed by atoms with Gasteiger partial charge >= 0.3 is 0 Å². The van der Waals surface area contributed by atoms with Crippen LogP contribution in [0.5, 0.6) is 0 Å². The molecule has 2 saturated heterocycles. The normalized spacial score (nSPS) is 21.0. The van der Waals surface area contributed by atoms with E-state index in [9.17, 15) is 13.2 Å². The number of ether oxygens (including phenoxy) is 2. The van der Waals surface area contributed by atoms with Crippen molar-refractivity contribution in [1.29, 1.82) is 0 Å². The standard InChI is InChI=1S/C20H30N2O5S/c1-2-21(16-18-4-3-13-27-18)20(23)10-7-17-5-8-19(9-6-17)28(24,25)22-11-14-26-15-12-22/h5-6,8-9,18H,2-4,7,10-16H2,1H3. The molecule has 2 aliphatic heterocycles. The lowest BCUT2D eigenvalue weighted by Gasteiger charge is -2.26. The van der Waals surface area contributed by atoms with Gasteiger partial charge in [-0.1, -0.05) is 12.1 Å². The molecular weight excluding hydrogens is 380 g/mol. The Labute approximate surface area is 167 Å². The van der Waals surface area contributed by atoms with E-state index in [1.807, 2.05) is 11.8 Å². The maximum Gasteiger partial charge on any atom is 0.243 e. The minimum atomic E-state index is -3.48. The topological polar surface area (TPSA) is 76.2 Å². The molecule has 0 aliphatic carbocycles.